The van der Waals surface area contributed by atoms with Gasteiger partial charge in [0.15, 0.2) is 0 Å². The molecule has 0 unspecified atom stereocenters. The highest BCUT2D eigenvalue weighted by atomic mass is 16.2. The van der Waals surface area contributed by atoms with E-state index in [1.54, 1.807) is 24.3 Å². The molecule has 2 N–H and O–H groups in total. The molecule has 132 valence electrons. The van der Waals surface area contributed by atoms with Crippen LogP contribution in [0.1, 0.15) is 49.0 Å². The molecule has 0 radical (unpaired) electrons. The van der Waals surface area contributed by atoms with Crippen LogP contribution >= 0.6 is 0 Å². The van der Waals surface area contributed by atoms with E-state index in [4.69, 9.17) is 0 Å². The molecule has 25 heavy (non-hydrogen) atoms. The van der Waals surface area contributed by atoms with Gasteiger partial charge in [0.25, 0.3) is 5.91 Å². The van der Waals surface area contributed by atoms with Crippen LogP contribution in [0, 0.1) is 0 Å². The summed E-state index contributed by atoms with van der Waals surface area (Å²) in [5.74, 6) is -0.0961. The fourth-order valence-electron chi connectivity index (χ4n) is 2.56. The van der Waals surface area contributed by atoms with E-state index in [1.807, 2.05) is 32.0 Å². The Balaban J connectivity index is 1.82. The van der Waals surface area contributed by atoms with E-state index in [1.165, 1.54) is 5.56 Å². The van der Waals surface area contributed by atoms with Crippen molar-refractivity contribution in [2.45, 2.75) is 45.6 Å². The van der Waals surface area contributed by atoms with Gasteiger partial charge in [-0.25, -0.2) is 0 Å². The normalized spacial score (nSPS) is 11.6. The summed E-state index contributed by atoms with van der Waals surface area (Å²) in [6.45, 7) is 3.98. The van der Waals surface area contributed by atoms with E-state index >= 15 is 0 Å². The predicted molar refractivity (Wildman–Crippen MR) is 102 cm³/mol. The zero-order valence-electron chi connectivity index (χ0n) is 14.9. The molecule has 0 aliphatic rings. The topological polar surface area (TPSA) is 58.2 Å². The third-order valence-electron chi connectivity index (χ3n) is 3.99. The lowest BCUT2D eigenvalue weighted by atomic mass is 10.1. The van der Waals surface area contributed by atoms with Gasteiger partial charge in [0, 0.05) is 23.7 Å². The fourth-order valence-corrected chi connectivity index (χ4v) is 2.56. The van der Waals surface area contributed by atoms with Gasteiger partial charge < -0.3 is 10.6 Å². The van der Waals surface area contributed by atoms with Crippen LogP contribution in [0.3, 0.4) is 0 Å². The number of hydrogen-bond donors (Lipinski definition) is 2. The molecule has 0 saturated heterocycles. The number of nitrogens with one attached hydrogen (secondary N) is 2. The number of carbonyl (C=O) groups is 2. The smallest absolute Gasteiger partial charge is 0.251 e. The van der Waals surface area contributed by atoms with Gasteiger partial charge in [-0.1, -0.05) is 37.3 Å². The molecule has 1 atom stereocenters. The van der Waals surface area contributed by atoms with E-state index < -0.39 is 0 Å². The first kappa shape index (κ1) is 18.7. The summed E-state index contributed by atoms with van der Waals surface area (Å²) in [7, 11) is 0. The van der Waals surface area contributed by atoms with Crippen molar-refractivity contribution < 1.29 is 9.59 Å². The average molecular weight is 338 g/mol. The highest BCUT2D eigenvalue weighted by molar-refractivity contribution is 5.95. The van der Waals surface area contributed by atoms with Crippen molar-refractivity contribution in [1.82, 2.24) is 5.32 Å². The van der Waals surface area contributed by atoms with E-state index in [2.05, 4.69) is 22.8 Å². The molecule has 0 aliphatic carbocycles. The lowest BCUT2D eigenvalue weighted by molar-refractivity contribution is -0.116. The summed E-state index contributed by atoms with van der Waals surface area (Å²) < 4.78 is 0. The van der Waals surface area contributed by atoms with E-state index in [0.717, 1.165) is 19.3 Å². The Bertz CT molecular complexity index is 681. The molecule has 0 aliphatic heterocycles. The third-order valence-corrected chi connectivity index (χ3v) is 3.99. The molecular weight excluding hydrogens is 312 g/mol. The maximum atomic E-state index is 12.3. The SMILES string of the molecule is CCCC(=O)Nc1ccc(C(=O)N[C@H](C)CCc2ccccc2)cc1. The van der Waals surface area contributed by atoms with Gasteiger partial charge in [-0.15, -0.1) is 0 Å². The summed E-state index contributed by atoms with van der Waals surface area (Å²) >= 11 is 0. The zero-order chi connectivity index (χ0) is 18.1. The highest BCUT2D eigenvalue weighted by Crippen LogP contribution is 2.11. The number of hydrogen-bond acceptors (Lipinski definition) is 2. The molecule has 4 nitrogen and oxygen atoms in total. The Morgan fingerprint density at radius 2 is 1.68 bits per heavy atom. The fraction of sp³-hybridized carbons (Fsp3) is 0.333. The summed E-state index contributed by atoms with van der Waals surface area (Å²) in [5, 5.41) is 5.84. The minimum atomic E-state index is -0.0907. The van der Waals surface area contributed by atoms with Crippen molar-refractivity contribution in [3.63, 3.8) is 0 Å². The Morgan fingerprint density at radius 3 is 2.32 bits per heavy atom. The molecule has 0 spiro atoms. The molecule has 0 aromatic heterocycles. The Hall–Kier alpha value is -2.62. The van der Waals surface area contributed by atoms with Crippen LogP contribution in [0.5, 0.6) is 0 Å². The molecule has 2 amide bonds. The Labute approximate surface area is 149 Å². The zero-order valence-corrected chi connectivity index (χ0v) is 14.9. The van der Waals surface area contributed by atoms with E-state index in [0.29, 0.717) is 17.7 Å². The first-order valence-corrected chi connectivity index (χ1v) is 8.83. The third kappa shape index (κ3) is 6.42. The number of aryl methyl sites for hydroxylation is 1. The van der Waals surface area contributed by atoms with Crippen molar-refractivity contribution in [2.75, 3.05) is 5.32 Å². The largest absolute Gasteiger partial charge is 0.350 e. The molecular formula is C21H26N2O2. The molecule has 2 rings (SSSR count). The molecule has 2 aromatic carbocycles. The van der Waals surface area contributed by atoms with Crippen LogP contribution in [0.25, 0.3) is 0 Å². The molecule has 0 bridgehead atoms. The van der Waals surface area contributed by atoms with E-state index in [9.17, 15) is 9.59 Å². The molecule has 4 heteroatoms. The second-order valence-corrected chi connectivity index (χ2v) is 6.27. The number of amides is 2. The van der Waals surface area contributed by atoms with Crippen molar-refractivity contribution in [3.8, 4) is 0 Å². The van der Waals surface area contributed by atoms with Gasteiger partial charge in [-0.3, -0.25) is 9.59 Å². The lowest BCUT2D eigenvalue weighted by Gasteiger charge is -2.14. The Morgan fingerprint density at radius 1 is 1.00 bits per heavy atom. The lowest BCUT2D eigenvalue weighted by Crippen LogP contribution is -2.32. The Kier molecular flexibility index (Phi) is 7.20. The second kappa shape index (κ2) is 9.62. The quantitative estimate of drug-likeness (QED) is 0.759. The summed E-state index contributed by atoms with van der Waals surface area (Å²) in [6, 6.07) is 17.3. The van der Waals surface area contributed by atoms with Crippen LogP contribution in [-0.2, 0) is 11.2 Å². The highest BCUT2D eigenvalue weighted by Gasteiger charge is 2.10. The van der Waals surface area contributed by atoms with Gasteiger partial charge >= 0.3 is 0 Å². The summed E-state index contributed by atoms with van der Waals surface area (Å²) in [4.78, 5) is 23.9. The number of benzene rings is 2. The van der Waals surface area contributed by atoms with Gasteiger partial charge in [0.1, 0.15) is 0 Å². The molecule has 0 saturated carbocycles. The van der Waals surface area contributed by atoms with Crippen molar-refractivity contribution >= 4 is 17.5 Å². The van der Waals surface area contributed by atoms with Crippen LogP contribution < -0.4 is 10.6 Å². The van der Waals surface area contributed by atoms with Crippen molar-refractivity contribution in [2.24, 2.45) is 0 Å². The maximum absolute atomic E-state index is 12.3. The first-order valence-electron chi connectivity index (χ1n) is 8.83. The van der Waals surface area contributed by atoms with Crippen LogP contribution in [-0.4, -0.2) is 17.9 Å². The van der Waals surface area contributed by atoms with E-state index in [-0.39, 0.29) is 17.9 Å². The minimum Gasteiger partial charge on any atom is -0.350 e. The van der Waals surface area contributed by atoms with Gasteiger partial charge in [0.05, 0.1) is 0 Å². The summed E-state index contributed by atoms with van der Waals surface area (Å²) in [5.41, 5.74) is 2.59. The monoisotopic (exact) mass is 338 g/mol. The standard InChI is InChI=1S/C21H26N2O2/c1-3-7-20(24)23-19-14-12-18(13-15-19)21(25)22-16(2)10-11-17-8-5-4-6-9-17/h4-6,8-9,12-16H,3,7,10-11H2,1-2H3,(H,22,25)(H,23,24)/t16-/m1/s1. The van der Waals surface area contributed by atoms with Crippen molar-refractivity contribution in [3.05, 3.63) is 65.7 Å². The van der Waals surface area contributed by atoms with Crippen LogP contribution in [0.15, 0.2) is 54.6 Å². The van der Waals surface area contributed by atoms with Crippen LogP contribution in [0.4, 0.5) is 5.69 Å². The predicted octanol–water partition coefficient (Wildman–Crippen LogP) is 4.18. The summed E-state index contributed by atoms with van der Waals surface area (Å²) in [6.07, 6.45) is 3.14. The van der Waals surface area contributed by atoms with Gasteiger partial charge in [0.2, 0.25) is 5.91 Å². The van der Waals surface area contributed by atoms with Crippen molar-refractivity contribution in [1.29, 1.82) is 0 Å². The van der Waals surface area contributed by atoms with Gasteiger partial charge in [-0.2, -0.15) is 0 Å². The second-order valence-electron chi connectivity index (χ2n) is 6.27. The number of carbonyl (C=O) groups excluding carboxylic acids is 2. The molecule has 0 fully saturated rings. The number of rotatable bonds is 8. The minimum absolute atomic E-state index is 0.00534. The molecule has 0 heterocycles. The first-order chi connectivity index (χ1) is 12.1. The average Bonchev–Trinajstić information content (AvgIpc) is 2.61. The van der Waals surface area contributed by atoms with Gasteiger partial charge in [-0.05, 0) is 56.0 Å². The van der Waals surface area contributed by atoms with Crippen LogP contribution in [0.2, 0.25) is 0 Å². The maximum Gasteiger partial charge on any atom is 0.251 e. The molecule has 2 aromatic rings. The number of anilines is 1.